The largest absolute Gasteiger partial charge is 0.465 e. The Morgan fingerprint density at radius 3 is 2.16 bits per heavy atom. The molecular formula is C41H66O2. The fraction of sp³-hybridized carbons (Fsp3) is 0.707. The second-order valence-electron chi connectivity index (χ2n) is 16.7. The molecule has 2 heteroatoms. The van der Waals surface area contributed by atoms with Crippen molar-refractivity contribution < 1.29 is 9.47 Å². The van der Waals surface area contributed by atoms with Gasteiger partial charge in [0.1, 0.15) is 5.75 Å². The van der Waals surface area contributed by atoms with Gasteiger partial charge in [0.05, 0.1) is 6.10 Å². The average molecular weight is 591 g/mol. The molecule has 3 aliphatic rings. The fourth-order valence-electron chi connectivity index (χ4n) is 8.36. The Morgan fingerprint density at radius 2 is 1.60 bits per heavy atom. The van der Waals surface area contributed by atoms with Gasteiger partial charge in [-0.05, 0) is 103 Å². The third-order valence-corrected chi connectivity index (χ3v) is 10.4. The molecule has 3 fully saturated rings. The van der Waals surface area contributed by atoms with Crippen LogP contribution in [0.5, 0.6) is 5.75 Å². The van der Waals surface area contributed by atoms with Gasteiger partial charge in [0.2, 0.25) is 6.29 Å². The lowest BCUT2D eigenvalue weighted by Crippen LogP contribution is -2.37. The first-order valence-corrected chi connectivity index (χ1v) is 17.5. The molecule has 2 nitrogen and oxygen atoms in total. The van der Waals surface area contributed by atoms with E-state index in [-0.39, 0.29) is 11.7 Å². The van der Waals surface area contributed by atoms with E-state index >= 15 is 0 Å². The summed E-state index contributed by atoms with van der Waals surface area (Å²) in [7, 11) is 0. The third kappa shape index (κ3) is 10.1. The maximum Gasteiger partial charge on any atom is 0.202 e. The van der Waals surface area contributed by atoms with Crippen molar-refractivity contribution in [3.05, 3.63) is 66.8 Å². The first-order chi connectivity index (χ1) is 20.1. The van der Waals surface area contributed by atoms with E-state index in [0.717, 1.165) is 29.4 Å². The van der Waals surface area contributed by atoms with Gasteiger partial charge in [-0.3, -0.25) is 0 Å². The van der Waals surface area contributed by atoms with Gasteiger partial charge in [-0.2, -0.15) is 0 Å². The summed E-state index contributed by atoms with van der Waals surface area (Å²) >= 11 is 0. The Bertz CT molecular complexity index is 1030. The topological polar surface area (TPSA) is 18.5 Å². The monoisotopic (exact) mass is 591 g/mol. The first-order valence-electron chi connectivity index (χ1n) is 17.5. The molecule has 0 radical (unpaired) electrons. The van der Waals surface area contributed by atoms with Crippen molar-refractivity contribution in [3.8, 4) is 5.75 Å². The van der Waals surface area contributed by atoms with Gasteiger partial charge in [0.25, 0.3) is 0 Å². The summed E-state index contributed by atoms with van der Waals surface area (Å²) in [5.41, 5.74) is 3.28. The molecule has 0 N–H and O–H groups in total. The van der Waals surface area contributed by atoms with E-state index < -0.39 is 0 Å². The van der Waals surface area contributed by atoms with Crippen LogP contribution in [-0.2, 0) is 4.74 Å². The standard InChI is InChI=1S/C28H44O2.C13H22/c1-7-9-25(28(4,5)6)19-12-14-21(15-13-19)29-27(18(2)3)30-26-17-20-16-24(26)23-11-8-10-22(20)23;1-7-8-9-11(2)12(3)10-13(4,5)6/h12-15,18,20,22-27H,7-11,16-17H2,1-6H3;7-9,12H,1-2,10H2,3-6H3/b;9-8-. The Morgan fingerprint density at radius 1 is 0.953 bits per heavy atom. The summed E-state index contributed by atoms with van der Waals surface area (Å²) in [5, 5.41) is 0. The molecule has 3 saturated carbocycles. The molecule has 242 valence electrons. The van der Waals surface area contributed by atoms with Crippen LogP contribution in [0.2, 0.25) is 0 Å². The lowest BCUT2D eigenvalue weighted by molar-refractivity contribution is -0.162. The number of rotatable bonds is 12. The van der Waals surface area contributed by atoms with Crippen molar-refractivity contribution in [3.63, 3.8) is 0 Å². The van der Waals surface area contributed by atoms with Crippen LogP contribution in [0.25, 0.3) is 0 Å². The van der Waals surface area contributed by atoms with E-state index in [1.54, 1.807) is 6.08 Å². The zero-order valence-corrected chi connectivity index (χ0v) is 29.6. The maximum absolute atomic E-state index is 6.67. The van der Waals surface area contributed by atoms with Crippen molar-refractivity contribution in [2.24, 2.45) is 46.3 Å². The number of benzene rings is 1. The van der Waals surface area contributed by atoms with Gasteiger partial charge in [-0.15, -0.1) is 0 Å². The Labute approximate surface area is 266 Å². The lowest BCUT2D eigenvalue weighted by atomic mass is 9.74. The number of ether oxygens (including phenoxy) is 2. The van der Waals surface area contributed by atoms with Crippen LogP contribution < -0.4 is 4.74 Å². The number of hydrogen-bond donors (Lipinski definition) is 0. The van der Waals surface area contributed by atoms with Crippen LogP contribution in [0.15, 0.2) is 61.2 Å². The van der Waals surface area contributed by atoms with Crippen LogP contribution in [0.1, 0.15) is 132 Å². The second kappa shape index (κ2) is 15.5. The highest BCUT2D eigenvalue weighted by Crippen LogP contribution is 2.59. The molecule has 0 amide bonds. The van der Waals surface area contributed by atoms with Gasteiger partial charge in [0, 0.05) is 5.92 Å². The van der Waals surface area contributed by atoms with E-state index in [9.17, 15) is 0 Å². The zero-order valence-electron chi connectivity index (χ0n) is 29.6. The summed E-state index contributed by atoms with van der Waals surface area (Å²) in [6, 6.07) is 8.88. The van der Waals surface area contributed by atoms with Gasteiger partial charge in [-0.1, -0.05) is 131 Å². The van der Waals surface area contributed by atoms with E-state index in [0.29, 0.717) is 29.3 Å². The molecule has 1 aromatic carbocycles. The normalized spacial score (nSPS) is 27.0. The zero-order chi connectivity index (χ0) is 31.9. The van der Waals surface area contributed by atoms with Gasteiger partial charge < -0.3 is 9.47 Å². The highest BCUT2D eigenvalue weighted by atomic mass is 16.7. The maximum atomic E-state index is 6.67. The third-order valence-electron chi connectivity index (χ3n) is 10.4. The molecular weight excluding hydrogens is 524 g/mol. The SMILES string of the molecule is C=C/C=C\C(=C)C(C)CC(C)(C)C.CCCC(c1ccc(OC(OC2CC3CC2C2CCCC32)C(C)C)cc1)C(C)(C)C. The van der Waals surface area contributed by atoms with Crippen molar-refractivity contribution in [1.82, 2.24) is 0 Å². The molecule has 8 atom stereocenters. The molecule has 0 aromatic heterocycles. The number of allylic oxidation sites excluding steroid dienone is 4. The van der Waals surface area contributed by atoms with Crippen LogP contribution in [0.4, 0.5) is 0 Å². The van der Waals surface area contributed by atoms with Crippen LogP contribution in [0.3, 0.4) is 0 Å². The minimum atomic E-state index is -0.144. The molecule has 1 aromatic rings. The summed E-state index contributed by atoms with van der Waals surface area (Å²) in [4.78, 5) is 0. The van der Waals surface area contributed by atoms with Gasteiger partial charge in [-0.25, -0.2) is 0 Å². The minimum absolute atomic E-state index is 0.144. The molecule has 8 unspecified atom stereocenters. The summed E-state index contributed by atoms with van der Waals surface area (Å²) in [6.45, 7) is 30.5. The minimum Gasteiger partial charge on any atom is -0.465 e. The van der Waals surface area contributed by atoms with Crippen molar-refractivity contribution in [2.75, 3.05) is 0 Å². The smallest absolute Gasteiger partial charge is 0.202 e. The van der Waals surface area contributed by atoms with Crippen molar-refractivity contribution in [2.45, 2.75) is 139 Å². The Kier molecular flexibility index (Phi) is 12.8. The summed E-state index contributed by atoms with van der Waals surface area (Å²) < 4.78 is 13.1. The molecule has 2 bridgehead atoms. The fourth-order valence-corrected chi connectivity index (χ4v) is 8.36. The summed E-state index contributed by atoms with van der Waals surface area (Å²) in [5.74, 6) is 6.10. The van der Waals surface area contributed by atoms with E-state index in [1.165, 1.54) is 62.5 Å². The van der Waals surface area contributed by atoms with Crippen LogP contribution in [-0.4, -0.2) is 12.4 Å². The predicted octanol–water partition coefficient (Wildman–Crippen LogP) is 12.2. The molecule has 0 saturated heterocycles. The first kappa shape index (κ1) is 35.7. The average Bonchev–Trinajstić information content (AvgIpc) is 3.64. The van der Waals surface area contributed by atoms with Crippen LogP contribution >= 0.6 is 0 Å². The van der Waals surface area contributed by atoms with E-state index in [1.807, 2.05) is 12.2 Å². The van der Waals surface area contributed by atoms with Crippen molar-refractivity contribution >= 4 is 0 Å². The Hall–Kier alpha value is -1.80. The molecule has 43 heavy (non-hydrogen) atoms. The van der Waals surface area contributed by atoms with Gasteiger partial charge >= 0.3 is 0 Å². The quantitative estimate of drug-likeness (QED) is 0.178. The molecule has 4 rings (SSSR count). The molecule has 0 heterocycles. The van der Waals surface area contributed by atoms with Crippen molar-refractivity contribution in [1.29, 1.82) is 0 Å². The molecule has 0 spiro atoms. The summed E-state index contributed by atoms with van der Waals surface area (Å²) in [6.07, 6.45) is 16.7. The van der Waals surface area contributed by atoms with Crippen LogP contribution in [0, 0.1) is 46.3 Å². The van der Waals surface area contributed by atoms with E-state index in [2.05, 4.69) is 107 Å². The van der Waals surface area contributed by atoms with Gasteiger partial charge in [0.15, 0.2) is 0 Å². The molecule has 0 aliphatic heterocycles. The lowest BCUT2D eigenvalue weighted by Gasteiger charge is -2.35. The molecule has 3 aliphatic carbocycles. The highest BCUT2D eigenvalue weighted by molar-refractivity contribution is 5.30. The van der Waals surface area contributed by atoms with E-state index in [4.69, 9.17) is 9.47 Å². The number of hydrogen-bond acceptors (Lipinski definition) is 2. The Balaban J connectivity index is 0.000000331. The second-order valence-corrected chi connectivity index (χ2v) is 16.7. The predicted molar refractivity (Wildman–Crippen MR) is 186 cm³/mol. The number of fused-ring (bicyclic) bond motifs is 5. The highest BCUT2D eigenvalue weighted by Gasteiger charge is 2.54.